The molecule has 1 saturated carbocycles. The number of rotatable bonds is 6. The number of aliphatic carboxylic acids is 1. The Morgan fingerprint density at radius 1 is 1.40 bits per heavy atom. The Bertz CT molecular complexity index is 465. The van der Waals surface area contributed by atoms with E-state index < -0.39 is 5.97 Å². The van der Waals surface area contributed by atoms with Gasteiger partial charge in [0.15, 0.2) is 5.78 Å². The van der Waals surface area contributed by atoms with E-state index in [1.165, 1.54) is 0 Å². The minimum atomic E-state index is -0.866. The fourth-order valence-electron chi connectivity index (χ4n) is 2.22. The highest BCUT2D eigenvalue weighted by Crippen LogP contribution is 2.32. The number of carboxylic acid groups (broad SMARTS) is 1. The Morgan fingerprint density at radius 2 is 2.15 bits per heavy atom. The van der Waals surface area contributed by atoms with Gasteiger partial charge in [0.2, 0.25) is 0 Å². The van der Waals surface area contributed by atoms with Crippen LogP contribution in [0.25, 0.3) is 0 Å². The average molecular weight is 276 g/mol. The van der Waals surface area contributed by atoms with E-state index in [9.17, 15) is 14.4 Å². The molecule has 0 bridgehead atoms. The molecule has 0 aromatic rings. The third kappa shape index (κ3) is 5.40. The highest BCUT2D eigenvalue weighted by molar-refractivity contribution is 5.90. The average Bonchev–Trinajstić information content (AvgIpc) is 2.76. The van der Waals surface area contributed by atoms with Crippen LogP contribution in [-0.2, 0) is 14.4 Å². The summed E-state index contributed by atoms with van der Waals surface area (Å²) >= 11 is 0. The van der Waals surface area contributed by atoms with Gasteiger partial charge in [0, 0.05) is 31.6 Å². The monoisotopic (exact) mass is 276 g/mol. The molecule has 1 N–H and O–H groups in total. The molecule has 0 radical (unpaired) electrons. The Morgan fingerprint density at radius 3 is 2.80 bits per heavy atom. The van der Waals surface area contributed by atoms with Crippen LogP contribution in [0.15, 0.2) is 12.2 Å². The summed E-state index contributed by atoms with van der Waals surface area (Å²) in [5.74, 6) is 5.01. The first kappa shape index (κ1) is 16.2. The third-order valence-electron chi connectivity index (χ3n) is 3.44. The van der Waals surface area contributed by atoms with Crippen LogP contribution in [0.3, 0.4) is 0 Å². The van der Waals surface area contributed by atoms with Gasteiger partial charge in [0.1, 0.15) is 5.78 Å². The number of hydrogen-bond donors (Lipinski definition) is 1. The minimum absolute atomic E-state index is 0.0277. The first-order chi connectivity index (χ1) is 9.54. The van der Waals surface area contributed by atoms with Gasteiger partial charge >= 0.3 is 5.97 Å². The van der Waals surface area contributed by atoms with E-state index in [1.807, 2.05) is 6.08 Å². The van der Waals surface area contributed by atoms with Crippen molar-refractivity contribution in [3.05, 3.63) is 12.2 Å². The molecular weight excluding hydrogens is 256 g/mol. The third-order valence-corrected chi connectivity index (χ3v) is 3.44. The molecule has 20 heavy (non-hydrogen) atoms. The van der Waals surface area contributed by atoms with Crippen LogP contribution in [0.4, 0.5) is 0 Å². The predicted molar refractivity (Wildman–Crippen MR) is 74.9 cm³/mol. The van der Waals surface area contributed by atoms with Gasteiger partial charge in [0.05, 0.1) is 6.42 Å². The van der Waals surface area contributed by atoms with E-state index in [-0.39, 0.29) is 29.8 Å². The first-order valence-corrected chi connectivity index (χ1v) is 6.95. The molecule has 1 aliphatic rings. The van der Waals surface area contributed by atoms with Gasteiger partial charge in [0.25, 0.3) is 0 Å². The minimum Gasteiger partial charge on any atom is -0.481 e. The first-order valence-electron chi connectivity index (χ1n) is 6.95. The normalized spacial score (nSPS) is 21.8. The van der Waals surface area contributed by atoms with Crippen molar-refractivity contribution in [1.29, 1.82) is 0 Å². The van der Waals surface area contributed by atoms with Crippen LogP contribution >= 0.6 is 0 Å². The van der Waals surface area contributed by atoms with E-state index >= 15 is 0 Å². The van der Waals surface area contributed by atoms with Crippen LogP contribution in [0, 0.1) is 23.7 Å². The molecule has 1 fully saturated rings. The summed E-state index contributed by atoms with van der Waals surface area (Å²) in [5, 5.41) is 8.49. The smallest absolute Gasteiger partial charge is 0.304 e. The molecule has 0 aliphatic heterocycles. The Hall–Kier alpha value is -1.89. The molecule has 0 saturated heterocycles. The van der Waals surface area contributed by atoms with Crippen LogP contribution in [0.2, 0.25) is 0 Å². The molecule has 0 amide bonds. The zero-order valence-electron chi connectivity index (χ0n) is 11.7. The second-order valence-corrected chi connectivity index (χ2v) is 4.91. The molecule has 0 aromatic heterocycles. The van der Waals surface area contributed by atoms with Gasteiger partial charge < -0.3 is 5.11 Å². The van der Waals surface area contributed by atoms with Gasteiger partial charge in [-0.2, -0.15) is 0 Å². The number of allylic oxidation sites excluding steroid dienone is 2. The quantitative estimate of drug-likeness (QED) is 0.597. The van der Waals surface area contributed by atoms with Crippen molar-refractivity contribution in [1.82, 2.24) is 0 Å². The maximum absolute atomic E-state index is 11.8. The van der Waals surface area contributed by atoms with Crippen LogP contribution < -0.4 is 0 Å². The summed E-state index contributed by atoms with van der Waals surface area (Å²) in [5.41, 5.74) is 0. The fourth-order valence-corrected chi connectivity index (χ4v) is 2.22. The number of ketones is 2. The number of carbonyl (C=O) groups is 3. The molecule has 2 atom stereocenters. The SMILES string of the molecule is CCC(=O)C=CC1CCC(=O)C1CC#CCCC(=O)O. The van der Waals surface area contributed by atoms with Crippen molar-refractivity contribution in [3.63, 3.8) is 0 Å². The summed E-state index contributed by atoms with van der Waals surface area (Å²) < 4.78 is 0. The van der Waals surface area contributed by atoms with E-state index in [1.54, 1.807) is 13.0 Å². The lowest BCUT2D eigenvalue weighted by Gasteiger charge is -2.11. The van der Waals surface area contributed by atoms with Crippen molar-refractivity contribution in [2.24, 2.45) is 11.8 Å². The maximum Gasteiger partial charge on any atom is 0.304 e. The topological polar surface area (TPSA) is 71.4 Å². The molecule has 2 unspecified atom stereocenters. The molecule has 0 spiro atoms. The van der Waals surface area contributed by atoms with Crippen LogP contribution in [0.1, 0.15) is 45.4 Å². The lowest BCUT2D eigenvalue weighted by Crippen LogP contribution is -2.12. The molecule has 4 nitrogen and oxygen atoms in total. The number of carbonyl (C=O) groups excluding carboxylic acids is 2. The van der Waals surface area contributed by atoms with E-state index in [0.29, 0.717) is 25.7 Å². The summed E-state index contributed by atoms with van der Waals surface area (Å²) in [6.45, 7) is 1.80. The molecule has 0 heterocycles. The number of hydrogen-bond acceptors (Lipinski definition) is 3. The predicted octanol–water partition coefficient (Wildman–Crippen LogP) is 2.38. The number of carboxylic acids is 1. The number of Topliss-reactive ketones (excluding diaryl/α,β-unsaturated/α-hetero) is 1. The van der Waals surface area contributed by atoms with E-state index in [0.717, 1.165) is 6.42 Å². The Labute approximate surface area is 119 Å². The van der Waals surface area contributed by atoms with E-state index in [2.05, 4.69) is 11.8 Å². The zero-order valence-corrected chi connectivity index (χ0v) is 11.7. The van der Waals surface area contributed by atoms with Crippen LogP contribution in [0.5, 0.6) is 0 Å². The summed E-state index contributed by atoms with van der Waals surface area (Å²) in [6, 6.07) is 0. The molecule has 4 heteroatoms. The second kappa shape index (κ2) is 8.31. The standard InChI is InChI=1S/C16H20O4/c1-2-13(17)10-8-12-9-11-15(18)14(12)6-4-3-5-7-16(19)20/h8,10,12,14H,2,5-7,9,11H2,1H3,(H,19,20). The molecule has 0 aromatic carbocycles. The van der Waals surface area contributed by atoms with Crippen molar-refractivity contribution in [2.45, 2.75) is 45.4 Å². The van der Waals surface area contributed by atoms with Gasteiger partial charge in [-0.15, -0.1) is 11.8 Å². The van der Waals surface area contributed by atoms with Gasteiger partial charge in [-0.3, -0.25) is 14.4 Å². The Balaban J connectivity index is 2.52. The van der Waals surface area contributed by atoms with Gasteiger partial charge in [-0.1, -0.05) is 13.0 Å². The van der Waals surface area contributed by atoms with Crippen molar-refractivity contribution in [3.8, 4) is 11.8 Å². The van der Waals surface area contributed by atoms with Gasteiger partial charge in [-0.25, -0.2) is 0 Å². The Kier molecular flexibility index (Phi) is 6.72. The zero-order chi connectivity index (χ0) is 15.0. The molecule has 1 rings (SSSR count). The van der Waals surface area contributed by atoms with E-state index in [4.69, 9.17) is 5.11 Å². The van der Waals surface area contributed by atoms with Crippen molar-refractivity contribution >= 4 is 17.5 Å². The lowest BCUT2D eigenvalue weighted by atomic mass is 9.92. The molecule has 1 aliphatic carbocycles. The summed E-state index contributed by atoms with van der Waals surface area (Å²) in [6.07, 6.45) is 5.97. The second-order valence-electron chi connectivity index (χ2n) is 4.91. The van der Waals surface area contributed by atoms with Gasteiger partial charge in [-0.05, 0) is 18.4 Å². The van der Waals surface area contributed by atoms with Crippen molar-refractivity contribution in [2.75, 3.05) is 0 Å². The fraction of sp³-hybridized carbons (Fsp3) is 0.562. The molecular formula is C16H20O4. The van der Waals surface area contributed by atoms with Crippen molar-refractivity contribution < 1.29 is 19.5 Å². The summed E-state index contributed by atoms with van der Waals surface area (Å²) in [7, 11) is 0. The highest BCUT2D eigenvalue weighted by Gasteiger charge is 2.32. The highest BCUT2D eigenvalue weighted by atomic mass is 16.4. The van der Waals surface area contributed by atoms with Crippen LogP contribution in [-0.4, -0.2) is 22.6 Å². The maximum atomic E-state index is 11.8. The largest absolute Gasteiger partial charge is 0.481 e. The molecule has 108 valence electrons. The summed E-state index contributed by atoms with van der Waals surface area (Å²) in [4.78, 5) is 33.4. The lowest BCUT2D eigenvalue weighted by molar-refractivity contribution is -0.136.